The number of hydrogen-bond donors (Lipinski definition) is 3. The predicted octanol–water partition coefficient (Wildman–Crippen LogP) is -0.669. The second-order valence-corrected chi connectivity index (χ2v) is 4.37. The predicted molar refractivity (Wildman–Crippen MR) is 72.5 cm³/mol. The van der Waals surface area contributed by atoms with Crippen LogP contribution in [0.3, 0.4) is 0 Å². The fraction of sp³-hybridized carbons (Fsp3) is 0. The van der Waals surface area contributed by atoms with Crippen molar-refractivity contribution in [1.29, 1.82) is 0 Å². The minimum Gasteiger partial charge on any atom is -0.415 e. The van der Waals surface area contributed by atoms with E-state index < -0.39 is 0 Å². The average Bonchev–Trinajstić information content (AvgIpc) is 1.54. The van der Waals surface area contributed by atoms with Gasteiger partial charge in [0.25, 0.3) is 0 Å². The van der Waals surface area contributed by atoms with Crippen molar-refractivity contribution in [2.75, 3.05) is 0 Å². The van der Waals surface area contributed by atoms with Gasteiger partial charge in [-0.25, -0.2) is 0 Å². The molecule has 0 heterocycles. The van der Waals surface area contributed by atoms with E-state index in [2.05, 4.69) is 91.7 Å². The van der Waals surface area contributed by atoms with Crippen LogP contribution in [0.25, 0.3) is 0 Å². The maximum absolute atomic E-state index is 4.66. The zero-order valence-corrected chi connectivity index (χ0v) is 14.3. The molecule has 73 valence electrons. The van der Waals surface area contributed by atoms with Crippen LogP contribution in [0.2, 0.25) is 0 Å². The molecule has 1 radical (unpaired) electrons. The Morgan fingerprint density at radius 1 is 0.692 bits per heavy atom. The van der Waals surface area contributed by atoms with Gasteiger partial charge in [-0.3, -0.25) is 0 Å². The van der Waals surface area contributed by atoms with E-state index in [1.807, 2.05) is 0 Å². The Kier molecular flexibility index (Phi) is 35.7. The smallest absolute Gasteiger partial charge is 0.415 e. The van der Waals surface area contributed by atoms with Crippen LogP contribution in [-0.4, -0.2) is 13.0 Å². The third kappa shape index (κ3) is 661. The summed E-state index contributed by atoms with van der Waals surface area (Å²) in [4.78, 5) is 0. The van der Waals surface area contributed by atoms with Gasteiger partial charge >= 0.3 is 40.8 Å². The van der Waals surface area contributed by atoms with Crippen molar-refractivity contribution in [2.45, 2.75) is 0 Å². The third-order valence-corrected chi connectivity index (χ3v) is 0. The maximum Gasteiger partial charge on any atom is 3.00 e. The van der Waals surface area contributed by atoms with E-state index in [0.29, 0.717) is 0 Å². The molecule has 0 aliphatic rings. The van der Waals surface area contributed by atoms with Crippen molar-refractivity contribution >= 4 is 87.5 Å². The molecule has 0 rings (SSSR count). The molecule has 0 aromatic carbocycles. The molecule has 0 saturated carbocycles. The number of rotatable bonds is 0. The second-order valence-electron chi connectivity index (χ2n) is 0.957. The number of nitrogens with two attached hydrogens (primary N) is 3. The van der Waals surface area contributed by atoms with E-state index in [4.69, 9.17) is 0 Å². The van der Waals surface area contributed by atoms with Gasteiger partial charge < -0.3 is 91.7 Å². The van der Waals surface area contributed by atoms with Gasteiger partial charge in [0.1, 0.15) is 0 Å². The first-order chi connectivity index (χ1) is 5.20. The molecule has 0 amide bonds. The van der Waals surface area contributed by atoms with Gasteiger partial charge in [-0.2, -0.15) is 0 Å². The molecule has 0 bridgehead atoms. The number of thiocarbonyl (C=S) groups is 3. The fourth-order valence-corrected chi connectivity index (χ4v) is 0. The Bertz CT molecular complexity index is 121. The van der Waals surface area contributed by atoms with E-state index >= 15 is 0 Å². The molecule has 0 saturated heterocycles. The van der Waals surface area contributed by atoms with Crippen molar-refractivity contribution in [3.8, 4) is 0 Å². The van der Waals surface area contributed by atoms with Gasteiger partial charge in [-0.05, 0) is 0 Å². The summed E-state index contributed by atoms with van der Waals surface area (Å²) >= 11 is 24.8. The molecular formula is C3H6N3NdS6. The molecule has 0 aliphatic heterocycles. The van der Waals surface area contributed by atoms with Crippen LogP contribution < -0.4 is 17.2 Å². The topological polar surface area (TPSA) is 78.1 Å². The first kappa shape index (κ1) is 24.1. The van der Waals surface area contributed by atoms with E-state index in [0.717, 1.165) is 0 Å². The quantitative estimate of drug-likeness (QED) is 0.349. The van der Waals surface area contributed by atoms with Gasteiger partial charge in [0.2, 0.25) is 0 Å². The average molecular weight is 421 g/mol. The second kappa shape index (κ2) is 19.3. The molecule has 6 N–H and O–H groups in total. The Morgan fingerprint density at radius 2 is 0.692 bits per heavy atom. The molecule has 3 nitrogen and oxygen atoms in total. The van der Waals surface area contributed by atoms with Crippen molar-refractivity contribution in [3.05, 3.63) is 0 Å². The van der Waals surface area contributed by atoms with Crippen LogP contribution in [0.4, 0.5) is 0 Å². The third-order valence-electron chi connectivity index (χ3n) is 0. The molecule has 0 unspecified atom stereocenters. The first-order valence-electron chi connectivity index (χ1n) is 2.09. The Balaban J connectivity index is -0.0000000450. The van der Waals surface area contributed by atoms with Crippen LogP contribution >= 0.6 is 36.7 Å². The van der Waals surface area contributed by atoms with Crippen molar-refractivity contribution in [1.82, 2.24) is 0 Å². The van der Waals surface area contributed by atoms with Crippen molar-refractivity contribution in [2.24, 2.45) is 17.2 Å². The zero-order chi connectivity index (χ0) is 10.7. The standard InChI is InChI=1S/3CH3NS2.Nd/c3*2-1(3)4;/h3*(H3,2,3,4);/q;;;+3/p-3. The van der Waals surface area contributed by atoms with Crippen molar-refractivity contribution < 1.29 is 40.8 Å². The molecule has 10 heteroatoms. The largest absolute Gasteiger partial charge is 3.00 e. The summed E-state index contributed by atoms with van der Waals surface area (Å²) in [5, 5.41) is 0. The molecular weight excluding hydrogens is 415 g/mol. The van der Waals surface area contributed by atoms with Crippen LogP contribution in [0.1, 0.15) is 0 Å². The van der Waals surface area contributed by atoms with Gasteiger partial charge in [0.05, 0.1) is 0 Å². The minimum atomic E-state index is 0. The van der Waals surface area contributed by atoms with Gasteiger partial charge in [0.15, 0.2) is 0 Å². The minimum absolute atomic E-state index is 0. The molecule has 0 aliphatic carbocycles. The molecule has 0 fully saturated rings. The summed E-state index contributed by atoms with van der Waals surface area (Å²) in [6.07, 6.45) is 0. The maximum atomic E-state index is 4.66. The molecule has 0 aromatic heterocycles. The van der Waals surface area contributed by atoms with Gasteiger partial charge in [0, 0.05) is 0 Å². The van der Waals surface area contributed by atoms with E-state index in [1.165, 1.54) is 0 Å². The van der Waals surface area contributed by atoms with Gasteiger partial charge in [-0.1, -0.05) is 13.0 Å². The molecule has 13 heavy (non-hydrogen) atoms. The van der Waals surface area contributed by atoms with Crippen LogP contribution in [0, 0.1) is 40.8 Å². The summed E-state index contributed by atoms with van der Waals surface area (Å²) in [7, 11) is 0. The van der Waals surface area contributed by atoms with Crippen LogP contribution in [-0.2, 0) is 37.9 Å². The van der Waals surface area contributed by atoms with E-state index in [1.54, 1.807) is 0 Å². The Hall–Kier alpha value is 1.68. The van der Waals surface area contributed by atoms with Gasteiger partial charge in [-0.15, -0.1) is 0 Å². The first-order valence-corrected chi connectivity index (χ1v) is 4.54. The number of hydrogen-bond acceptors (Lipinski definition) is 6. The molecule has 0 atom stereocenters. The summed E-state index contributed by atoms with van der Waals surface area (Å²) in [6.45, 7) is 0. The van der Waals surface area contributed by atoms with Crippen molar-refractivity contribution in [3.63, 3.8) is 0 Å². The van der Waals surface area contributed by atoms with Crippen LogP contribution in [0.5, 0.6) is 0 Å². The zero-order valence-electron chi connectivity index (χ0n) is 6.18. The molecule has 0 spiro atoms. The Labute approximate surface area is 143 Å². The normalized spacial score (nSPS) is 5.54. The summed E-state index contributed by atoms with van der Waals surface area (Å²) in [5.41, 5.74) is 14.0. The molecule has 0 aromatic rings. The summed E-state index contributed by atoms with van der Waals surface area (Å²) in [5.74, 6) is 0. The van der Waals surface area contributed by atoms with Crippen LogP contribution in [0.15, 0.2) is 0 Å². The summed E-state index contributed by atoms with van der Waals surface area (Å²) in [6, 6.07) is 0. The Morgan fingerprint density at radius 3 is 0.692 bits per heavy atom. The fourth-order valence-electron chi connectivity index (χ4n) is 0. The summed E-state index contributed by atoms with van der Waals surface area (Å²) < 4.78 is 0.250. The SMILES string of the molecule is NC(=S)[S-].NC(=S)[S-].NC(=S)[S-].[Nd+3]. The van der Waals surface area contributed by atoms with E-state index in [9.17, 15) is 0 Å². The monoisotopic (exact) mass is 418 g/mol. The van der Waals surface area contributed by atoms with E-state index in [-0.39, 0.29) is 53.8 Å².